The molecule has 1 atom stereocenters. The van der Waals surface area contributed by atoms with Crippen LogP contribution in [0.1, 0.15) is 44.7 Å². The molecule has 19 heavy (non-hydrogen) atoms. The number of benzene rings is 1. The molecular weight excluding hydrogens is 236 g/mol. The highest BCUT2D eigenvalue weighted by atomic mass is 16.2. The zero-order chi connectivity index (χ0) is 14.4. The summed E-state index contributed by atoms with van der Waals surface area (Å²) in [7, 11) is 1.81. The van der Waals surface area contributed by atoms with Crippen molar-refractivity contribution in [3.05, 3.63) is 29.3 Å². The Morgan fingerprint density at radius 3 is 2.47 bits per heavy atom. The van der Waals surface area contributed by atoms with Gasteiger partial charge in [0.25, 0.3) is 0 Å². The predicted octanol–water partition coefficient (Wildman–Crippen LogP) is 3.20. The summed E-state index contributed by atoms with van der Waals surface area (Å²) in [5.41, 5.74) is 2.49. The third-order valence-corrected chi connectivity index (χ3v) is 4.06. The SMILES string of the molecule is CC(C)C(C#N)c1ccc2c(c1)C(C)(C)C(=O)N2C. The average Bonchev–Trinajstić information content (AvgIpc) is 2.52. The second-order valence-corrected chi connectivity index (χ2v) is 6.12. The Morgan fingerprint density at radius 1 is 1.32 bits per heavy atom. The summed E-state index contributed by atoms with van der Waals surface area (Å²) in [4.78, 5) is 13.9. The van der Waals surface area contributed by atoms with E-state index in [1.165, 1.54) is 0 Å². The number of fused-ring (bicyclic) bond motifs is 1. The fourth-order valence-corrected chi connectivity index (χ4v) is 2.79. The molecule has 0 spiro atoms. The van der Waals surface area contributed by atoms with E-state index in [1.54, 1.807) is 11.9 Å². The van der Waals surface area contributed by atoms with Crippen LogP contribution in [0, 0.1) is 17.2 Å². The number of likely N-dealkylation sites (N-methyl/N-ethyl adjacent to an activating group) is 1. The number of carbonyl (C=O) groups excluding carboxylic acids is 1. The Hall–Kier alpha value is -1.82. The average molecular weight is 256 g/mol. The number of hydrogen-bond acceptors (Lipinski definition) is 2. The minimum absolute atomic E-state index is 0.109. The van der Waals surface area contributed by atoms with Gasteiger partial charge in [0, 0.05) is 12.7 Å². The van der Waals surface area contributed by atoms with Crippen molar-refractivity contribution in [3.63, 3.8) is 0 Å². The van der Waals surface area contributed by atoms with Crippen LogP contribution in [0.3, 0.4) is 0 Å². The number of nitrogens with zero attached hydrogens (tertiary/aromatic N) is 2. The van der Waals surface area contributed by atoms with E-state index in [0.29, 0.717) is 0 Å². The summed E-state index contributed by atoms with van der Waals surface area (Å²) in [6.07, 6.45) is 0. The number of carbonyl (C=O) groups is 1. The molecule has 0 bridgehead atoms. The molecule has 1 unspecified atom stereocenters. The quantitative estimate of drug-likeness (QED) is 0.815. The van der Waals surface area contributed by atoms with Gasteiger partial charge in [-0.25, -0.2) is 0 Å². The standard InChI is InChI=1S/C16H20N2O/c1-10(2)12(9-17)11-6-7-14-13(8-11)16(3,4)15(19)18(14)5/h6-8,10,12H,1-5H3. The zero-order valence-corrected chi connectivity index (χ0v) is 12.2. The zero-order valence-electron chi connectivity index (χ0n) is 12.2. The molecule has 2 rings (SSSR count). The van der Waals surface area contributed by atoms with Crippen LogP contribution >= 0.6 is 0 Å². The normalized spacial score (nSPS) is 18.4. The highest BCUT2D eigenvalue weighted by Crippen LogP contribution is 2.42. The van der Waals surface area contributed by atoms with Gasteiger partial charge in [0.15, 0.2) is 0 Å². The Bertz CT molecular complexity index is 567. The van der Waals surface area contributed by atoms with E-state index >= 15 is 0 Å². The summed E-state index contributed by atoms with van der Waals surface area (Å²) >= 11 is 0. The second-order valence-electron chi connectivity index (χ2n) is 6.12. The van der Waals surface area contributed by atoms with Crippen LogP contribution in [0.2, 0.25) is 0 Å². The van der Waals surface area contributed by atoms with Crippen LogP contribution in [0.25, 0.3) is 0 Å². The number of amides is 1. The Kier molecular flexibility index (Phi) is 3.14. The molecule has 1 aromatic carbocycles. The highest BCUT2D eigenvalue weighted by molar-refractivity contribution is 6.07. The maximum absolute atomic E-state index is 12.2. The molecule has 1 aliphatic rings. The van der Waals surface area contributed by atoms with Gasteiger partial charge in [0.2, 0.25) is 5.91 Å². The van der Waals surface area contributed by atoms with E-state index in [0.717, 1.165) is 16.8 Å². The van der Waals surface area contributed by atoms with E-state index < -0.39 is 5.41 Å². The van der Waals surface area contributed by atoms with Gasteiger partial charge < -0.3 is 4.90 Å². The second kappa shape index (κ2) is 4.38. The summed E-state index contributed by atoms with van der Waals surface area (Å²) in [5, 5.41) is 9.31. The lowest BCUT2D eigenvalue weighted by Gasteiger charge is -2.18. The number of nitriles is 1. The summed E-state index contributed by atoms with van der Waals surface area (Å²) in [6.45, 7) is 7.98. The molecule has 0 aliphatic carbocycles. The molecule has 1 aliphatic heterocycles. The van der Waals surface area contributed by atoms with Gasteiger partial charge >= 0.3 is 0 Å². The lowest BCUT2D eigenvalue weighted by Crippen LogP contribution is -2.33. The maximum atomic E-state index is 12.2. The van der Waals surface area contributed by atoms with E-state index in [1.807, 2.05) is 45.9 Å². The fourth-order valence-electron chi connectivity index (χ4n) is 2.79. The largest absolute Gasteiger partial charge is 0.314 e. The van der Waals surface area contributed by atoms with Gasteiger partial charge in [-0.2, -0.15) is 5.26 Å². The molecule has 0 aromatic heterocycles. The monoisotopic (exact) mass is 256 g/mol. The van der Waals surface area contributed by atoms with E-state index in [-0.39, 0.29) is 17.7 Å². The summed E-state index contributed by atoms with van der Waals surface area (Å²) in [5.74, 6) is 0.251. The van der Waals surface area contributed by atoms with Crippen LogP contribution in [-0.2, 0) is 10.2 Å². The van der Waals surface area contributed by atoms with Crippen molar-refractivity contribution < 1.29 is 4.79 Å². The van der Waals surface area contributed by atoms with Crippen molar-refractivity contribution >= 4 is 11.6 Å². The third-order valence-electron chi connectivity index (χ3n) is 4.06. The van der Waals surface area contributed by atoms with Crippen molar-refractivity contribution in [3.8, 4) is 6.07 Å². The number of rotatable bonds is 2. The van der Waals surface area contributed by atoms with Crippen LogP contribution in [0.4, 0.5) is 5.69 Å². The van der Waals surface area contributed by atoms with Crippen LogP contribution in [0.15, 0.2) is 18.2 Å². The highest BCUT2D eigenvalue weighted by Gasteiger charge is 2.42. The minimum atomic E-state index is -0.503. The number of hydrogen-bond donors (Lipinski definition) is 0. The molecular formula is C16H20N2O. The topological polar surface area (TPSA) is 44.1 Å². The van der Waals surface area contributed by atoms with Crippen LogP contribution in [0.5, 0.6) is 0 Å². The third kappa shape index (κ3) is 1.92. The van der Waals surface area contributed by atoms with Crippen molar-refractivity contribution in [2.45, 2.75) is 39.0 Å². The van der Waals surface area contributed by atoms with E-state index in [9.17, 15) is 10.1 Å². The number of anilines is 1. The van der Waals surface area contributed by atoms with Crippen molar-refractivity contribution in [1.29, 1.82) is 5.26 Å². The molecule has 100 valence electrons. The Labute approximate surface area is 114 Å². The van der Waals surface area contributed by atoms with Crippen LogP contribution in [-0.4, -0.2) is 13.0 Å². The van der Waals surface area contributed by atoms with Gasteiger partial charge in [-0.15, -0.1) is 0 Å². The minimum Gasteiger partial charge on any atom is -0.314 e. The van der Waals surface area contributed by atoms with Gasteiger partial charge in [0.05, 0.1) is 17.4 Å². The van der Waals surface area contributed by atoms with Crippen molar-refractivity contribution in [2.24, 2.45) is 5.92 Å². The molecule has 0 fully saturated rings. The first-order chi connectivity index (χ1) is 8.80. The molecule has 0 radical (unpaired) electrons. The van der Waals surface area contributed by atoms with E-state index in [4.69, 9.17) is 0 Å². The maximum Gasteiger partial charge on any atom is 0.236 e. The van der Waals surface area contributed by atoms with Crippen LogP contribution < -0.4 is 4.90 Å². The van der Waals surface area contributed by atoms with Gasteiger partial charge in [0.1, 0.15) is 0 Å². The molecule has 1 aromatic rings. The molecule has 0 N–H and O–H groups in total. The Balaban J connectivity index is 2.55. The first kappa shape index (κ1) is 13.6. The van der Waals surface area contributed by atoms with Gasteiger partial charge in [-0.05, 0) is 37.0 Å². The molecule has 1 amide bonds. The first-order valence-electron chi connectivity index (χ1n) is 6.63. The summed E-state index contributed by atoms with van der Waals surface area (Å²) < 4.78 is 0. The summed E-state index contributed by atoms with van der Waals surface area (Å²) in [6, 6.07) is 8.33. The predicted molar refractivity (Wildman–Crippen MR) is 76.1 cm³/mol. The van der Waals surface area contributed by atoms with E-state index in [2.05, 4.69) is 6.07 Å². The van der Waals surface area contributed by atoms with Crippen molar-refractivity contribution in [1.82, 2.24) is 0 Å². The smallest absolute Gasteiger partial charge is 0.236 e. The van der Waals surface area contributed by atoms with Gasteiger partial charge in [-0.1, -0.05) is 26.0 Å². The lowest BCUT2D eigenvalue weighted by molar-refractivity contribution is -0.121. The van der Waals surface area contributed by atoms with Crippen molar-refractivity contribution in [2.75, 3.05) is 11.9 Å². The van der Waals surface area contributed by atoms with Gasteiger partial charge in [-0.3, -0.25) is 4.79 Å². The lowest BCUT2D eigenvalue weighted by atomic mass is 9.82. The Morgan fingerprint density at radius 2 is 1.95 bits per heavy atom. The molecule has 3 nitrogen and oxygen atoms in total. The molecule has 0 saturated carbocycles. The molecule has 1 heterocycles. The first-order valence-corrected chi connectivity index (χ1v) is 6.63. The fraction of sp³-hybridized carbons (Fsp3) is 0.500. The molecule has 0 saturated heterocycles. The molecule has 3 heteroatoms.